The minimum absolute atomic E-state index is 0. The number of nitrogens with two attached hydrogens (primary N) is 1. The smallest absolute Gasteiger partial charge is 0.189 e. The number of phenols is 2. The van der Waals surface area contributed by atoms with Crippen LogP contribution in [0.4, 0.5) is 0 Å². The number of rotatable bonds is 2. The Balaban J connectivity index is 0.00000182. The molecule has 4 rings (SSSR count). The van der Waals surface area contributed by atoms with E-state index in [1.54, 1.807) is 10.7 Å². The summed E-state index contributed by atoms with van der Waals surface area (Å²) in [6, 6.07) is 6.26. The maximum absolute atomic E-state index is 12.4. The lowest BCUT2D eigenvalue weighted by molar-refractivity contribution is 0.467. The van der Waals surface area contributed by atoms with Gasteiger partial charge in [-0.05, 0) is 24.3 Å². The fourth-order valence-corrected chi connectivity index (χ4v) is 3.32. The molecule has 0 radical (unpaired) electrons. The predicted molar refractivity (Wildman–Crippen MR) is 99.8 cm³/mol. The average Bonchev–Trinajstić information content (AvgIpc) is 2.90. The number of aromatic amines is 1. The van der Waals surface area contributed by atoms with Crippen molar-refractivity contribution >= 4 is 45.0 Å². The second-order valence-electron chi connectivity index (χ2n) is 5.75. The Labute approximate surface area is 147 Å². The molecule has 8 heteroatoms. The summed E-state index contributed by atoms with van der Waals surface area (Å²) in [4.78, 5) is 16.8. The molecule has 130 valence electrons. The molecule has 5 N–H and O–H groups in total. The lowest BCUT2D eigenvalue weighted by Crippen LogP contribution is -2.10. The zero-order valence-corrected chi connectivity index (χ0v) is 14.2. The van der Waals surface area contributed by atoms with Gasteiger partial charge in [-0.2, -0.15) is 0 Å². The zero-order chi connectivity index (χ0) is 17.0. The highest BCUT2D eigenvalue weighted by molar-refractivity contribution is 6.23. The molecule has 25 heavy (non-hydrogen) atoms. The topological polar surface area (TPSA) is 117 Å². The van der Waals surface area contributed by atoms with Gasteiger partial charge in [0.1, 0.15) is 11.5 Å². The Morgan fingerprint density at radius 1 is 1.12 bits per heavy atom. The highest BCUT2D eigenvalue weighted by Gasteiger charge is 2.21. The molecule has 0 unspecified atom stereocenters. The minimum Gasteiger partial charge on any atom is -0.507 e. The lowest BCUT2D eigenvalue weighted by Gasteiger charge is -2.08. The summed E-state index contributed by atoms with van der Waals surface area (Å²) in [5.41, 5.74) is 6.65. The van der Waals surface area contributed by atoms with Gasteiger partial charge in [0.25, 0.3) is 0 Å². The first-order valence-corrected chi connectivity index (χ1v) is 7.57. The van der Waals surface area contributed by atoms with Crippen molar-refractivity contribution in [2.75, 3.05) is 13.1 Å². The second kappa shape index (κ2) is 5.94. The van der Waals surface area contributed by atoms with E-state index >= 15 is 0 Å². The summed E-state index contributed by atoms with van der Waals surface area (Å²) in [5, 5.41) is 26.4. The maximum atomic E-state index is 12.4. The fourth-order valence-electron chi connectivity index (χ4n) is 3.32. The highest BCUT2D eigenvalue weighted by Crippen LogP contribution is 2.40. The van der Waals surface area contributed by atoms with Crippen molar-refractivity contribution in [1.82, 2.24) is 9.78 Å². The summed E-state index contributed by atoms with van der Waals surface area (Å²) in [6.07, 6.45) is 0. The molecule has 0 aliphatic rings. The normalized spacial score (nSPS) is 12.3. The van der Waals surface area contributed by atoms with Crippen molar-refractivity contribution in [2.24, 2.45) is 17.8 Å². The van der Waals surface area contributed by atoms with Gasteiger partial charge in [0.15, 0.2) is 5.43 Å². The predicted octanol–water partition coefficient (Wildman–Crippen LogP) is 1.30. The quantitative estimate of drug-likeness (QED) is 0.403. The number of H-pyrrole nitrogens is 1. The van der Waals surface area contributed by atoms with Crippen LogP contribution in [-0.4, -0.2) is 33.1 Å². The molecule has 0 spiro atoms. The third-order valence-electron chi connectivity index (χ3n) is 4.33. The van der Waals surface area contributed by atoms with Crippen molar-refractivity contribution in [3.8, 4) is 11.5 Å². The average molecular weight is 361 g/mol. The molecule has 1 heterocycles. The molecule has 0 aliphatic carbocycles. The first kappa shape index (κ1) is 17.1. The van der Waals surface area contributed by atoms with Gasteiger partial charge < -0.3 is 15.9 Å². The van der Waals surface area contributed by atoms with E-state index in [-0.39, 0.29) is 40.1 Å². The van der Waals surface area contributed by atoms with E-state index in [4.69, 9.17) is 5.73 Å². The number of benzene rings is 3. The van der Waals surface area contributed by atoms with Crippen LogP contribution in [0.25, 0.3) is 32.6 Å². The van der Waals surface area contributed by atoms with Crippen molar-refractivity contribution in [3.63, 3.8) is 0 Å². The SMILES string of the molecule is Cl.Cn1[nH]c2c3c(=O)ccc(O)c3c(O)c3c(=NCCN)ccc1c32. The van der Waals surface area contributed by atoms with Gasteiger partial charge in [0.2, 0.25) is 0 Å². The van der Waals surface area contributed by atoms with Crippen LogP contribution in [-0.2, 0) is 7.05 Å². The number of aryl methyl sites for hydroxylation is 1. The van der Waals surface area contributed by atoms with Crippen molar-refractivity contribution < 1.29 is 10.2 Å². The van der Waals surface area contributed by atoms with Crippen LogP contribution in [0.2, 0.25) is 0 Å². The molecule has 0 bridgehead atoms. The number of aromatic nitrogens is 2. The number of hydrogen-bond acceptors (Lipinski definition) is 5. The van der Waals surface area contributed by atoms with Crippen LogP contribution in [0.1, 0.15) is 0 Å². The van der Waals surface area contributed by atoms with Crippen LogP contribution >= 0.6 is 12.4 Å². The van der Waals surface area contributed by atoms with Crippen molar-refractivity contribution in [2.45, 2.75) is 0 Å². The molecule has 0 saturated carbocycles. The number of nitrogens with zero attached hydrogens (tertiary/aromatic N) is 2. The number of halogens is 1. The molecular weight excluding hydrogens is 344 g/mol. The van der Waals surface area contributed by atoms with E-state index in [2.05, 4.69) is 10.1 Å². The van der Waals surface area contributed by atoms with Gasteiger partial charge in [0.05, 0.1) is 39.1 Å². The standard InChI is InChI=1S/C17H16N4O3.ClH/c1-21-9-3-2-8(19-7-6-18)12-13(9)16(20-21)14-10(22)4-5-11(23)15(14)17(12)24;/h2-5,20,23-24H,6-7,18H2,1H3;1H. The molecule has 0 atom stereocenters. The van der Waals surface area contributed by atoms with Crippen LogP contribution in [0, 0.1) is 0 Å². The number of aromatic hydroxyl groups is 2. The van der Waals surface area contributed by atoms with Crippen molar-refractivity contribution in [1.29, 1.82) is 0 Å². The van der Waals surface area contributed by atoms with Crippen LogP contribution in [0.3, 0.4) is 0 Å². The van der Waals surface area contributed by atoms with Crippen LogP contribution in [0.5, 0.6) is 11.5 Å². The summed E-state index contributed by atoms with van der Waals surface area (Å²) >= 11 is 0. The Hall–Kier alpha value is -2.77. The number of hydrogen-bond donors (Lipinski definition) is 4. The van der Waals surface area contributed by atoms with Gasteiger partial charge >= 0.3 is 0 Å². The second-order valence-corrected chi connectivity index (χ2v) is 5.75. The van der Waals surface area contributed by atoms with E-state index in [0.29, 0.717) is 34.7 Å². The molecule has 7 nitrogen and oxygen atoms in total. The number of phenolic OH excluding ortho intramolecular Hbond substituents is 2. The Morgan fingerprint density at radius 3 is 2.60 bits per heavy atom. The fraction of sp³-hybridized carbons (Fsp3) is 0.176. The van der Waals surface area contributed by atoms with E-state index in [0.717, 1.165) is 5.52 Å². The van der Waals surface area contributed by atoms with Gasteiger partial charge in [-0.15, -0.1) is 12.4 Å². The molecule has 4 aromatic rings. The largest absolute Gasteiger partial charge is 0.507 e. The molecule has 0 aliphatic heterocycles. The lowest BCUT2D eigenvalue weighted by atomic mass is 9.99. The highest BCUT2D eigenvalue weighted by atomic mass is 35.5. The number of nitrogens with one attached hydrogen (secondary N) is 1. The summed E-state index contributed by atoms with van der Waals surface area (Å²) < 4.78 is 1.77. The van der Waals surface area contributed by atoms with E-state index in [9.17, 15) is 15.0 Å². The number of fused-ring (bicyclic) bond motifs is 2. The Bertz CT molecular complexity index is 1230. The Morgan fingerprint density at radius 2 is 1.88 bits per heavy atom. The molecular formula is C17H17ClN4O3. The van der Waals surface area contributed by atoms with Crippen LogP contribution < -0.4 is 16.5 Å². The minimum atomic E-state index is -0.270. The molecule has 1 aromatic heterocycles. The molecule has 3 aromatic carbocycles. The Kier molecular flexibility index (Phi) is 4.06. The monoisotopic (exact) mass is 360 g/mol. The summed E-state index contributed by atoms with van der Waals surface area (Å²) in [7, 11) is 1.82. The van der Waals surface area contributed by atoms with E-state index in [1.807, 2.05) is 13.1 Å². The van der Waals surface area contributed by atoms with E-state index in [1.165, 1.54) is 12.1 Å². The first-order chi connectivity index (χ1) is 11.5. The van der Waals surface area contributed by atoms with Crippen LogP contribution in [0.15, 0.2) is 34.1 Å². The third kappa shape index (κ3) is 2.24. The van der Waals surface area contributed by atoms with Crippen molar-refractivity contribution in [3.05, 3.63) is 39.8 Å². The van der Waals surface area contributed by atoms with Gasteiger partial charge in [0, 0.05) is 19.0 Å². The van der Waals surface area contributed by atoms with E-state index < -0.39 is 0 Å². The molecule has 0 fully saturated rings. The summed E-state index contributed by atoms with van der Waals surface area (Å²) in [5.74, 6) is -0.291. The van der Waals surface area contributed by atoms with Gasteiger partial charge in [-0.1, -0.05) is 0 Å². The molecule has 0 saturated heterocycles. The first-order valence-electron chi connectivity index (χ1n) is 7.57. The molecule has 0 amide bonds. The zero-order valence-electron chi connectivity index (χ0n) is 13.4. The van der Waals surface area contributed by atoms with Gasteiger partial charge in [-0.3, -0.25) is 19.6 Å². The third-order valence-corrected chi connectivity index (χ3v) is 4.33. The maximum Gasteiger partial charge on any atom is 0.189 e. The van der Waals surface area contributed by atoms with Gasteiger partial charge in [-0.25, -0.2) is 0 Å². The summed E-state index contributed by atoms with van der Waals surface area (Å²) in [6.45, 7) is 0.802.